The van der Waals surface area contributed by atoms with Gasteiger partial charge in [0.1, 0.15) is 23.2 Å². The van der Waals surface area contributed by atoms with Crippen LogP contribution in [0, 0.1) is 6.92 Å². The zero-order chi connectivity index (χ0) is 15.2. The standard InChI is InChI=1S/C16H22N4O/c1-5-6-14-19-15(17-3)10-16(20-14)18-13-8-7-12(21-4)9-11(13)2/h7-10H,5-6H2,1-4H3,(H2,17,18,19,20). The van der Waals surface area contributed by atoms with E-state index in [4.69, 9.17) is 4.74 Å². The fourth-order valence-corrected chi connectivity index (χ4v) is 2.07. The van der Waals surface area contributed by atoms with Gasteiger partial charge in [0.2, 0.25) is 0 Å². The maximum Gasteiger partial charge on any atom is 0.136 e. The first-order chi connectivity index (χ1) is 10.2. The van der Waals surface area contributed by atoms with Crippen molar-refractivity contribution in [3.63, 3.8) is 0 Å². The topological polar surface area (TPSA) is 59.1 Å². The molecule has 0 spiro atoms. The van der Waals surface area contributed by atoms with Crippen molar-refractivity contribution in [2.45, 2.75) is 26.7 Å². The quantitative estimate of drug-likeness (QED) is 0.850. The smallest absolute Gasteiger partial charge is 0.136 e. The van der Waals surface area contributed by atoms with Gasteiger partial charge >= 0.3 is 0 Å². The highest BCUT2D eigenvalue weighted by Crippen LogP contribution is 2.24. The lowest BCUT2D eigenvalue weighted by Crippen LogP contribution is -2.04. The summed E-state index contributed by atoms with van der Waals surface area (Å²) in [4.78, 5) is 9.01. The molecular formula is C16H22N4O. The van der Waals surface area contributed by atoms with Crippen molar-refractivity contribution in [1.82, 2.24) is 9.97 Å². The van der Waals surface area contributed by atoms with Gasteiger partial charge in [0, 0.05) is 25.2 Å². The van der Waals surface area contributed by atoms with Gasteiger partial charge in [-0.3, -0.25) is 0 Å². The Bertz CT molecular complexity index is 613. The second-order valence-electron chi connectivity index (χ2n) is 4.86. The summed E-state index contributed by atoms with van der Waals surface area (Å²) in [7, 11) is 3.53. The number of ether oxygens (including phenoxy) is 1. The number of hydrogen-bond donors (Lipinski definition) is 2. The number of aryl methyl sites for hydroxylation is 2. The van der Waals surface area contributed by atoms with Crippen molar-refractivity contribution in [2.24, 2.45) is 0 Å². The Kier molecular flexibility index (Phi) is 4.98. The molecule has 0 saturated carbocycles. The minimum absolute atomic E-state index is 0.797. The Morgan fingerprint density at radius 1 is 1.14 bits per heavy atom. The first kappa shape index (κ1) is 15.1. The van der Waals surface area contributed by atoms with Gasteiger partial charge in [-0.1, -0.05) is 6.92 Å². The van der Waals surface area contributed by atoms with Crippen LogP contribution in [0.2, 0.25) is 0 Å². The molecule has 0 atom stereocenters. The molecule has 0 fully saturated rings. The Hall–Kier alpha value is -2.30. The van der Waals surface area contributed by atoms with Crippen LogP contribution in [0.3, 0.4) is 0 Å². The van der Waals surface area contributed by atoms with Gasteiger partial charge in [-0.05, 0) is 37.1 Å². The number of rotatable bonds is 6. The number of nitrogens with one attached hydrogen (secondary N) is 2. The van der Waals surface area contributed by atoms with Crippen LogP contribution in [0.4, 0.5) is 17.3 Å². The first-order valence-electron chi connectivity index (χ1n) is 7.13. The van der Waals surface area contributed by atoms with Gasteiger partial charge in [0.05, 0.1) is 7.11 Å². The molecule has 2 rings (SSSR count). The summed E-state index contributed by atoms with van der Waals surface area (Å²) in [5, 5.41) is 6.42. The highest BCUT2D eigenvalue weighted by Gasteiger charge is 2.06. The Morgan fingerprint density at radius 3 is 2.52 bits per heavy atom. The first-order valence-corrected chi connectivity index (χ1v) is 7.13. The summed E-state index contributed by atoms with van der Waals surface area (Å²) in [5.74, 6) is 3.31. The van der Waals surface area contributed by atoms with Gasteiger partial charge in [0.15, 0.2) is 0 Å². The number of nitrogens with zero attached hydrogens (tertiary/aromatic N) is 2. The summed E-state index contributed by atoms with van der Waals surface area (Å²) >= 11 is 0. The average molecular weight is 286 g/mol. The van der Waals surface area contributed by atoms with Crippen LogP contribution in [0.25, 0.3) is 0 Å². The van der Waals surface area contributed by atoms with Crippen LogP contribution in [0.1, 0.15) is 24.7 Å². The van der Waals surface area contributed by atoms with E-state index < -0.39 is 0 Å². The highest BCUT2D eigenvalue weighted by molar-refractivity contribution is 5.63. The van der Waals surface area contributed by atoms with Crippen LogP contribution in [-0.4, -0.2) is 24.1 Å². The van der Waals surface area contributed by atoms with Crippen molar-refractivity contribution in [1.29, 1.82) is 0 Å². The monoisotopic (exact) mass is 286 g/mol. The maximum absolute atomic E-state index is 5.22. The van der Waals surface area contributed by atoms with Gasteiger partial charge in [-0.15, -0.1) is 0 Å². The van der Waals surface area contributed by atoms with E-state index in [9.17, 15) is 0 Å². The number of methoxy groups -OCH3 is 1. The van der Waals surface area contributed by atoms with E-state index in [2.05, 4.69) is 27.5 Å². The predicted molar refractivity (Wildman–Crippen MR) is 86.6 cm³/mol. The Balaban J connectivity index is 2.27. The summed E-state index contributed by atoms with van der Waals surface area (Å²) in [6, 6.07) is 7.83. The molecule has 0 aliphatic heterocycles. The average Bonchev–Trinajstić information content (AvgIpc) is 2.49. The number of anilines is 3. The third-order valence-electron chi connectivity index (χ3n) is 3.20. The van der Waals surface area contributed by atoms with Crippen molar-refractivity contribution < 1.29 is 4.74 Å². The summed E-state index contributed by atoms with van der Waals surface area (Å²) in [6.07, 6.45) is 1.89. The summed E-state index contributed by atoms with van der Waals surface area (Å²) in [5.41, 5.74) is 2.12. The predicted octanol–water partition coefficient (Wildman–Crippen LogP) is 3.53. The van der Waals surface area contributed by atoms with E-state index in [0.29, 0.717) is 0 Å². The second kappa shape index (κ2) is 6.92. The molecule has 2 aromatic rings. The molecule has 0 aliphatic rings. The maximum atomic E-state index is 5.22. The van der Waals surface area contributed by atoms with E-state index in [1.165, 1.54) is 0 Å². The zero-order valence-electron chi connectivity index (χ0n) is 13.0. The summed E-state index contributed by atoms with van der Waals surface area (Å²) in [6.45, 7) is 4.16. The van der Waals surface area contributed by atoms with Gasteiger partial charge in [-0.25, -0.2) is 9.97 Å². The van der Waals surface area contributed by atoms with E-state index in [0.717, 1.165) is 47.3 Å². The van der Waals surface area contributed by atoms with E-state index in [-0.39, 0.29) is 0 Å². The molecule has 1 heterocycles. The van der Waals surface area contributed by atoms with Crippen molar-refractivity contribution in [3.05, 3.63) is 35.7 Å². The number of hydrogen-bond acceptors (Lipinski definition) is 5. The van der Waals surface area contributed by atoms with Crippen molar-refractivity contribution >= 4 is 17.3 Å². The fraction of sp³-hybridized carbons (Fsp3) is 0.375. The number of aromatic nitrogens is 2. The molecule has 1 aromatic heterocycles. The van der Waals surface area contributed by atoms with Crippen LogP contribution in [-0.2, 0) is 6.42 Å². The molecule has 0 radical (unpaired) electrons. The highest BCUT2D eigenvalue weighted by atomic mass is 16.5. The third kappa shape index (κ3) is 3.84. The molecule has 0 bridgehead atoms. The minimum Gasteiger partial charge on any atom is -0.497 e. The van der Waals surface area contributed by atoms with Crippen molar-refractivity contribution in [3.8, 4) is 5.75 Å². The molecule has 0 aliphatic carbocycles. The van der Waals surface area contributed by atoms with Gasteiger partial charge < -0.3 is 15.4 Å². The van der Waals surface area contributed by atoms with Gasteiger partial charge in [0.25, 0.3) is 0 Å². The molecule has 2 N–H and O–H groups in total. The molecule has 0 saturated heterocycles. The van der Waals surface area contributed by atoms with Crippen LogP contribution < -0.4 is 15.4 Å². The molecule has 5 nitrogen and oxygen atoms in total. The Morgan fingerprint density at radius 2 is 1.90 bits per heavy atom. The minimum atomic E-state index is 0.797. The SMILES string of the molecule is CCCc1nc(NC)cc(Nc2ccc(OC)cc2C)n1. The fourth-order valence-electron chi connectivity index (χ4n) is 2.07. The molecule has 0 amide bonds. The van der Waals surface area contributed by atoms with Crippen LogP contribution in [0.15, 0.2) is 24.3 Å². The van der Waals surface area contributed by atoms with E-state index in [1.807, 2.05) is 38.2 Å². The van der Waals surface area contributed by atoms with E-state index in [1.54, 1.807) is 7.11 Å². The molecule has 112 valence electrons. The molecule has 0 unspecified atom stereocenters. The third-order valence-corrected chi connectivity index (χ3v) is 3.20. The lowest BCUT2D eigenvalue weighted by atomic mass is 10.2. The Labute approximate surface area is 125 Å². The molecule has 1 aromatic carbocycles. The largest absolute Gasteiger partial charge is 0.497 e. The molecule has 5 heteroatoms. The lowest BCUT2D eigenvalue weighted by Gasteiger charge is -2.12. The summed E-state index contributed by atoms with van der Waals surface area (Å²) < 4.78 is 5.22. The van der Waals surface area contributed by atoms with Crippen molar-refractivity contribution in [2.75, 3.05) is 24.8 Å². The van der Waals surface area contributed by atoms with Crippen LogP contribution >= 0.6 is 0 Å². The van der Waals surface area contributed by atoms with E-state index >= 15 is 0 Å². The second-order valence-corrected chi connectivity index (χ2v) is 4.86. The lowest BCUT2D eigenvalue weighted by molar-refractivity contribution is 0.414. The van der Waals surface area contributed by atoms with Gasteiger partial charge in [-0.2, -0.15) is 0 Å². The molecule has 21 heavy (non-hydrogen) atoms. The number of benzene rings is 1. The normalized spacial score (nSPS) is 10.3. The zero-order valence-corrected chi connectivity index (χ0v) is 13.0. The van der Waals surface area contributed by atoms with Crippen LogP contribution in [0.5, 0.6) is 5.75 Å². The molecular weight excluding hydrogens is 264 g/mol.